The average molecular weight is 196 g/mol. The van der Waals surface area contributed by atoms with Crippen LogP contribution in [0.4, 0.5) is 11.5 Å². The normalized spacial score (nSPS) is 9.93. The van der Waals surface area contributed by atoms with Crippen molar-refractivity contribution in [1.29, 1.82) is 0 Å². The quantitative estimate of drug-likeness (QED) is 0.775. The molecule has 1 aromatic heterocycles. The van der Waals surface area contributed by atoms with E-state index >= 15 is 0 Å². The summed E-state index contributed by atoms with van der Waals surface area (Å²) in [6.45, 7) is 2.65. The van der Waals surface area contributed by atoms with Gasteiger partial charge in [-0.3, -0.25) is 0 Å². The van der Waals surface area contributed by atoms with E-state index in [0.29, 0.717) is 24.0 Å². The third-order valence-corrected chi connectivity index (χ3v) is 1.69. The Morgan fingerprint density at radius 1 is 1.43 bits per heavy atom. The average Bonchev–Trinajstić information content (AvgIpc) is 2.16. The van der Waals surface area contributed by atoms with E-state index in [0.717, 1.165) is 6.42 Å². The molecule has 0 bridgehead atoms. The van der Waals surface area contributed by atoms with Crippen LogP contribution in [0.3, 0.4) is 0 Å². The zero-order valence-corrected chi connectivity index (χ0v) is 8.82. The zero-order valence-electron chi connectivity index (χ0n) is 8.82. The summed E-state index contributed by atoms with van der Waals surface area (Å²) in [7, 11) is 3.75. The maximum absolute atomic E-state index is 5.83. The molecule has 5 heteroatoms. The molecule has 1 aromatic rings. The fraction of sp³-hybridized carbons (Fsp3) is 0.556. The van der Waals surface area contributed by atoms with Crippen LogP contribution in [0, 0.1) is 0 Å². The second-order valence-corrected chi connectivity index (χ2v) is 3.16. The van der Waals surface area contributed by atoms with E-state index in [4.69, 9.17) is 10.5 Å². The molecule has 0 amide bonds. The zero-order chi connectivity index (χ0) is 10.6. The highest BCUT2D eigenvalue weighted by Gasteiger charge is 2.09. The van der Waals surface area contributed by atoms with Gasteiger partial charge in [-0.2, -0.15) is 4.98 Å². The van der Waals surface area contributed by atoms with Crippen LogP contribution in [0.2, 0.25) is 0 Å². The molecule has 0 aromatic carbocycles. The molecule has 0 fully saturated rings. The largest absolute Gasteiger partial charge is 0.476 e. The molecule has 1 heterocycles. The third kappa shape index (κ3) is 2.25. The van der Waals surface area contributed by atoms with Gasteiger partial charge in [0.15, 0.2) is 5.82 Å². The second kappa shape index (κ2) is 4.64. The molecule has 0 radical (unpaired) electrons. The lowest BCUT2D eigenvalue weighted by atomic mass is 10.4. The van der Waals surface area contributed by atoms with E-state index in [1.54, 1.807) is 0 Å². The summed E-state index contributed by atoms with van der Waals surface area (Å²) >= 11 is 0. The number of nitrogens with zero attached hydrogens (tertiary/aromatic N) is 3. The topological polar surface area (TPSA) is 64.3 Å². The van der Waals surface area contributed by atoms with E-state index in [9.17, 15) is 0 Å². The Bertz CT molecular complexity index is 301. The molecule has 0 atom stereocenters. The van der Waals surface area contributed by atoms with E-state index < -0.39 is 0 Å². The highest BCUT2D eigenvalue weighted by Crippen LogP contribution is 2.26. The molecule has 2 N–H and O–H groups in total. The molecule has 0 aliphatic heterocycles. The smallest absolute Gasteiger partial charge is 0.242 e. The Morgan fingerprint density at radius 2 is 2.14 bits per heavy atom. The summed E-state index contributed by atoms with van der Waals surface area (Å²) in [5.74, 6) is 1.15. The number of rotatable bonds is 4. The highest BCUT2D eigenvalue weighted by molar-refractivity contribution is 5.66. The van der Waals surface area contributed by atoms with Crippen molar-refractivity contribution in [2.24, 2.45) is 0 Å². The lowest BCUT2D eigenvalue weighted by Gasteiger charge is -2.15. The Labute approximate surface area is 83.9 Å². The van der Waals surface area contributed by atoms with Crippen molar-refractivity contribution in [3.05, 3.63) is 6.33 Å². The van der Waals surface area contributed by atoms with Crippen LogP contribution >= 0.6 is 0 Å². The van der Waals surface area contributed by atoms with Crippen molar-refractivity contribution in [2.75, 3.05) is 31.3 Å². The fourth-order valence-electron chi connectivity index (χ4n) is 1.04. The number of hydrogen-bond acceptors (Lipinski definition) is 5. The van der Waals surface area contributed by atoms with Crippen LogP contribution < -0.4 is 15.4 Å². The first-order valence-electron chi connectivity index (χ1n) is 4.57. The summed E-state index contributed by atoms with van der Waals surface area (Å²) in [5.41, 5.74) is 6.32. The van der Waals surface area contributed by atoms with Gasteiger partial charge in [-0.25, -0.2) is 4.98 Å². The second-order valence-electron chi connectivity index (χ2n) is 3.16. The molecule has 0 aliphatic carbocycles. The molecule has 0 aliphatic rings. The first kappa shape index (κ1) is 10.6. The first-order valence-corrected chi connectivity index (χ1v) is 4.57. The van der Waals surface area contributed by atoms with Crippen LogP contribution in [0.15, 0.2) is 6.33 Å². The lowest BCUT2D eigenvalue weighted by Crippen LogP contribution is -2.14. The molecule has 0 unspecified atom stereocenters. The van der Waals surface area contributed by atoms with Crippen molar-refractivity contribution in [3.63, 3.8) is 0 Å². The number of nitrogens with two attached hydrogens (primary N) is 1. The van der Waals surface area contributed by atoms with Gasteiger partial charge in [-0.1, -0.05) is 6.92 Å². The molecule has 0 saturated heterocycles. The number of ether oxygens (including phenoxy) is 1. The van der Waals surface area contributed by atoms with Crippen LogP contribution in [-0.2, 0) is 0 Å². The predicted molar refractivity (Wildman–Crippen MR) is 56.6 cm³/mol. The standard InChI is InChI=1S/C9H16N4O/c1-4-5-14-9-7(10)8(13(2)3)11-6-12-9/h6H,4-5,10H2,1-3H3. The molecule has 5 nitrogen and oxygen atoms in total. The van der Waals surface area contributed by atoms with Crippen LogP contribution in [0.5, 0.6) is 5.88 Å². The van der Waals surface area contributed by atoms with Crippen molar-refractivity contribution in [1.82, 2.24) is 9.97 Å². The molecular formula is C9H16N4O. The van der Waals surface area contributed by atoms with Crippen LogP contribution in [0.25, 0.3) is 0 Å². The fourth-order valence-corrected chi connectivity index (χ4v) is 1.04. The van der Waals surface area contributed by atoms with Crippen LogP contribution in [-0.4, -0.2) is 30.7 Å². The summed E-state index contributed by atoms with van der Waals surface area (Å²) in [6, 6.07) is 0. The van der Waals surface area contributed by atoms with Gasteiger partial charge < -0.3 is 15.4 Å². The maximum atomic E-state index is 5.83. The van der Waals surface area contributed by atoms with Crippen molar-refractivity contribution in [3.8, 4) is 5.88 Å². The summed E-state index contributed by atoms with van der Waals surface area (Å²) in [5, 5.41) is 0. The van der Waals surface area contributed by atoms with Crippen LogP contribution in [0.1, 0.15) is 13.3 Å². The van der Waals surface area contributed by atoms with Gasteiger partial charge in [0, 0.05) is 14.1 Å². The first-order chi connectivity index (χ1) is 6.66. The Kier molecular flexibility index (Phi) is 3.50. The van der Waals surface area contributed by atoms with Gasteiger partial charge in [0.05, 0.1) is 6.61 Å². The number of nitrogen functional groups attached to an aromatic ring is 1. The van der Waals surface area contributed by atoms with Crippen molar-refractivity contribution in [2.45, 2.75) is 13.3 Å². The molecule has 14 heavy (non-hydrogen) atoms. The molecule has 0 saturated carbocycles. The summed E-state index contributed by atoms with van der Waals surface area (Å²) < 4.78 is 5.37. The highest BCUT2D eigenvalue weighted by atomic mass is 16.5. The summed E-state index contributed by atoms with van der Waals surface area (Å²) in [4.78, 5) is 9.86. The lowest BCUT2D eigenvalue weighted by molar-refractivity contribution is 0.306. The third-order valence-electron chi connectivity index (χ3n) is 1.69. The molecule has 0 spiro atoms. The number of hydrogen-bond donors (Lipinski definition) is 1. The van der Waals surface area contributed by atoms with E-state index in [1.807, 2.05) is 25.9 Å². The molecule has 78 valence electrons. The minimum Gasteiger partial charge on any atom is -0.476 e. The molecular weight excluding hydrogens is 180 g/mol. The monoisotopic (exact) mass is 196 g/mol. The molecule has 1 rings (SSSR count). The van der Waals surface area contributed by atoms with Gasteiger partial charge >= 0.3 is 0 Å². The Balaban J connectivity index is 2.89. The Morgan fingerprint density at radius 3 is 2.71 bits per heavy atom. The summed E-state index contributed by atoms with van der Waals surface area (Å²) in [6.07, 6.45) is 2.39. The Hall–Kier alpha value is -1.52. The van der Waals surface area contributed by atoms with Gasteiger partial charge in [-0.05, 0) is 6.42 Å². The van der Waals surface area contributed by atoms with E-state index in [1.165, 1.54) is 6.33 Å². The SMILES string of the molecule is CCCOc1ncnc(N(C)C)c1N. The minimum absolute atomic E-state index is 0.463. The van der Waals surface area contributed by atoms with Crippen molar-refractivity contribution < 1.29 is 4.74 Å². The van der Waals surface area contributed by atoms with E-state index in [2.05, 4.69) is 9.97 Å². The van der Waals surface area contributed by atoms with Gasteiger partial charge in [0.2, 0.25) is 5.88 Å². The number of aromatic nitrogens is 2. The van der Waals surface area contributed by atoms with Crippen molar-refractivity contribution >= 4 is 11.5 Å². The van der Waals surface area contributed by atoms with Gasteiger partial charge in [0.1, 0.15) is 12.0 Å². The maximum Gasteiger partial charge on any atom is 0.242 e. The van der Waals surface area contributed by atoms with E-state index in [-0.39, 0.29) is 0 Å². The predicted octanol–water partition coefficient (Wildman–Crippen LogP) is 0.914. The van der Waals surface area contributed by atoms with Gasteiger partial charge in [0.25, 0.3) is 0 Å². The van der Waals surface area contributed by atoms with Gasteiger partial charge in [-0.15, -0.1) is 0 Å². The number of anilines is 2. The minimum atomic E-state index is 0.463.